The van der Waals surface area contributed by atoms with Gasteiger partial charge in [0.1, 0.15) is 6.61 Å². The summed E-state index contributed by atoms with van der Waals surface area (Å²) in [5.41, 5.74) is 0.132. The minimum atomic E-state index is -0.833. The summed E-state index contributed by atoms with van der Waals surface area (Å²) >= 11 is 0. The van der Waals surface area contributed by atoms with Crippen LogP contribution in [0.3, 0.4) is 0 Å². The van der Waals surface area contributed by atoms with Gasteiger partial charge in [0, 0.05) is 6.54 Å². The van der Waals surface area contributed by atoms with Crippen molar-refractivity contribution in [2.75, 3.05) is 6.54 Å². The van der Waals surface area contributed by atoms with Crippen molar-refractivity contribution < 1.29 is 14.6 Å². The van der Waals surface area contributed by atoms with Crippen molar-refractivity contribution in [3.05, 3.63) is 35.9 Å². The maximum absolute atomic E-state index is 12.2. The van der Waals surface area contributed by atoms with Gasteiger partial charge in [-0.25, -0.2) is 4.79 Å². The molecule has 0 radical (unpaired) electrons. The van der Waals surface area contributed by atoms with Crippen molar-refractivity contribution in [1.29, 1.82) is 0 Å². The molecule has 1 N–H and O–H groups in total. The number of hydrogen-bond acceptors (Lipinski definition) is 3. The van der Waals surface area contributed by atoms with Crippen molar-refractivity contribution in [2.24, 2.45) is 5.92 Å². The second-order valence-electron chi connectivity index (χ2n) is 6.03. The SMILES string of the molecule is CC(C)[C@@H]1N(C(=O)OCc2ccccc2)CC[C@]1(C)O. The fourth-order valence-electron chi connectivity index (χ4n) is 3.05. The Kier molecular flexibility index (Phi) is 4.33. The molecular weight excluding hydrogens is 254 g/mol. The zero-order valence-corrected chi connectivity index (χ0v) is 12.4. The maximum atomic E-state index is 12.2. The van der Waals surface area contributed by atoms with Crippen LogP contribution < -0.4 is 0 Å². The normalized spacial score (nSPS) is 26.1. The van der Waals surface area contributed by atoms with Gasteiger partial charge < -0.3 is 14.7 Å². The monoisotopic (exact) mass is 277 g/mol. The van der Waals surface area contributed by atoms with Crippen molar-refractivity contribution in [1.82, 2.24) is 4.90 Å². The molecule has 4 heteroatoms. The Bertz CT molecular complexity index is 456. The Morgan fingerprint density at radius 3 is 2.70 bits per heavy atom. The molecule has 2 atom stereocenters. The second kappa shape index (κ2) is 5.83. The molecular formula is C16H23NO3. The third kappa shape index (κ3) is 3.12. The first kappa shape index (κ1) is 14.9. The highest BCUT2D eigenvalue weighted by Gasteiger charge is 2.46. The number of aliphatic hydroxyl groups is 1. The largest absolute Gasteiger partial charge is 0.445 e. The van der Waals surface area contributed by atoms with E-state index >= 15 is 0 Å². The van der Waals surface area contributed by atoms with Gasteiger partial charge in [-0.3, -0.25) is 0 Å². The van der Waals surface area contributed by atoms with Crippen molar-refractivity contribution in [2.45, 2.75) is 45.4 Å². The Hall–Kier alpha value is -1.55. The molecule has 110 valence electrons. The van der Waals surface area contributed by atoms with Crippen LogP contribution >= 0.6 is 0 Å². The first-order valence-electron chi connectivity index (χ1n) is 7.11. The highest BCUT2D eigenvalue weighted by atomic mass is 16.6. The molecule has 20 heavy (non-hydrogen) atoms. The van der Waals surface area contributed by atoms with Gasteiger partial charge in [-0.1, -0.05) is 44.2 Å². The van der Waals surface area contributed by atoms with Crippen molar-refractivity contribution in [3.63, 3.8) is 0 Å². The van der Waals surface area contributed by atoms with Crippen LogP contribution in [0.5, 0.6) is 0 Å². The molecule has 0 bridgehead atoms. The molecule has 4 nitrogen and oxygen atoms in total. The van der Waals surface area contributed by atoms with Crippen LogP contribution in [0.15, 0.2) is 30.3 Å². The molecule has 1 aromatic rings. The van der Waals surface area contributed by atoms with Crippen LogP contribution in [0.4, 0.5) is 4.79 Å². The molecule has 0 unspecified atom stereocenters. The summed E-state index contributed by atoms with van der Waals surface area (Å²) in [6.07, 6.45) is 0.251. The zero-order valence-electron chi connectivity index (χ0n) is 12.4. The summed E-state index contributed by atoms with van der Waals surface area (Å²) in [6, 6.07) is 9.42. The number of ether oxygens (including phenoxy) is 1. The lowest BCUT2D eigenvalue weighted by Crippen LogP contribution is -2.48. The van der Waals surface area contributed by atoms with E-state index in [2.05, 4.69) is 0 Å². The molecule has 1 amide bonds. The molecule has 2 rings (SSSR count). The predicted molar refractivity (Wildman–Crippen MR) is 77.2 cm³/mol. The molecule has 1 aliphatic heterocycles. The van der Waals surface area contributed by atoms with Gasteiger partial charge in [0.15, 0.2) is 0 Å². The van der Waals surface area contributed by atoms with Crippen LogP contribution in [-0.4, -0.2) is 34.3 Å². The van der Waals surface area contributed by atoms with Gasteiger partial charge >= 0.3 is 6.09 Å². The topological polar surface area (TPSA) is 49.8 Å². The molecule has 1 aliphatic rings. The van der Waals surface area contributed by atoms with E-state index in [-0.39, 0.29) is 24.7 Å². The van der Waals surface area contributed by atoms with Crippen LogP contribution in [0.25, 0.3) is 0 Å². The molecule has 1 fully saturated rings. The van der Waals surface area contributed by atoms with Crippen LogP contribution in [0, 0.1) is 5.92 Å². The number of carbonyl (C=O) groups is 1. The number of rotatable bonds is 3. The summed E-state index contributed by atoms with van der Waals surface area (Å²) < 4.78 is 5.36. The standard InChI is InChI=1S/C16H23NO3/c1-12(2)14-16(3,19)9-10-17(14)15(18)20-11-13-7-5-4-6-8-13/h4-8,12,14,19H,9-11H2,1-3H3/t14-,16-/m0/s1. The third-order valence-electron chi connectivity index (χ3n) is 3.90. The average Bonchev–Trinajstić information content (AvgIpc) is 2.73. The lowest BCUT2D eigenvalue weighted by molar-refractivity contribution is -0.00247. The van der Waals surface area contributed by atoms with Gasteiger partial charge in [-0.2, -0.15) is 0 Å². The number of amides is 1. The molecule has 0 aromatic heterocycles. The lowest BCUT2D eigenvalue weighted by atomic mass is 9.89. The minimum Gasteiger partial charge on any atom is -0.445 e. The Labute approximate surface area is 120 Å². The number of hydrogen-bond donors (Lipinski definition) is 1. The summed E-state index contributed by atoms with van der Waals surface area (Å²) in [5, 5.41) is 10.4. The van der Waals surface area contributed by atoms with Gasteiger partial charge in [0.25, 0.3) is 0 Å². The molecule has 1 saturated heterocycles. The first-order chi connectivity index (χ1) is 9.42. The molecule has 1 heterocycles. The van der Waals surface area contributed by atoms with Crippen molar-refractivity contribution in [3.8, 4) is 0 Å². The molecule has 1 aromatic carbocycles. The number of nitrogens with zero attached hydrogens (tertiary/aromatic N) is 1. The number of carbonyl (C=O) groups excluding carboxylic acids is 1. The van der Waals surface area contributed by atoms with Gasteiger partial charge in [-0.15, -0.1) is 0 Å². The Morgan fingerprint density at radius 2 is 2.10 bits per heavy atom. The van der Waals surface area contributed by atoms with Crippen molar-refractivity contribution >= 4 is 6.09 Å². The minimum absolute atomic E-state index is 0.189. The quantitative estimate of drug-likeness (QED) is 0.924. The van der Waals surface area contributed by atoms with Gasteiger partial charge in [0.05, 0.1) is 11.6 Å². The highest BCUT2D eigenvalue weighted by molar-refractivity contribution is 5.69. The fraction of sp³-hybridized carbons (Fsp3) is 0.562. The van der Waals surface area contributed by atoms with E-state index in [0.29, 0.717) is 13.0 Å². The average molecular weight is 277 g/mol. The number of likely N-dealkylation sites (tertiary alicyclic amines) is 1. The lowest BCUT2D eigenvalue weighted by Gasteiger charge is -2.34. The summed E-state index contributed by atoms with van der Waals surface area (Å²) in [5.74, 6) is 0.191. The second-order valence-corrected chi connectivity index (χ2v) is 6.03. The Balaban J connectivity index is 1.99. The molecule has 0 aliphatic carbocycles. The van der Waals surface area contributed by atoms with E-state index in [9.17, 15) is 9.90 Å². The van der Waals surface area contributed by atoms with Crippen LogP contribution in [0.1, 0.15) is 32.8 Å². The van der Waals surface area contributed by atoms with E-state index in [1.54, 1.807) is 11.8 Å². The van der Waals surface area contributed by atoms with E-state index < -0.39 is 5.60 Å². The van der Waals surface area contributed by atoms with Crippen LogP contribution in [0.2, 0.25) is 0 Å². The predicted octanol–water partition coefficient (Wildman–Crippen LogP) is 2.80. The van der Waals surface area contributed by atoms with E-state index in [0.717, 1.165) is 5.56 Å². The maximum Gasteiger partial charge on any atom is 0.410 e. The summed E-state index contributed by atoms with van der Waals surface area (Å²) in [6.45, 7) is 6.64. The zero-order chi connectivity index (χ0) is 14.8. The van der Waals surface area contributed by atoms with E-state index in [1.807, 2.05) is 44.2 Å². The summed E-state index contributed by atoms with van der Waals surface area (Å²) in [4.78, 5) is 13.9. The van der Waals surface area contributed by atoms with Crippen LogP contribution in [-0.2, 0) is 11.3 Å². The first-order valence-corrected chi connectivity index (χ1v) is 7.11. The summed E-state index contributed by atoms with van der Waals surface area (Å²) in [7, 11) is 0. The van der Waals surface area contributed by atoms with Gasteiger partial charge in [0.2, 0.25) is 0 Å². The third-order valence-corrected chi connectivity index (χ3v) is 3.90. The van der Waals surface area contributed by atoms with E-state index in [1.165, 1.54) is 0 Å². The fourth-order valence-corrected chi connectivity index (χ4v) is 3.05. The smallest absolute Gasteiger partial charge is 0.410 e. The van der Waals surface area contributed by atoms with Gasteiger partial charge in [-0.05, 0) is 24.8 Å². The Morgan fingerprint density at radius 1 is 1.45 bits per heavy atom. The molecule has 0 spiro atoms. The molecule has 0 saturated carbocycles. The number of benzene rings is 1. The highest BCUT2D eigenvalue weighted by Crippen LogP contribution is 2.33. The van der Waals surface area contributed by atoms with E-state index in [4.69, 9.17) is 4.74 Å².